The van der Waals surface area contributed by atoms with E-state index >= 15 is 0 Å². The number of aromatic carboxylic acids is 1. The van der Waals surface area contributed by atoms with Gasteiger partial charge in [0.05, 0.1) is 5.56 Å². The Morgan fingerprint density at radius 2 is 2.18 bits per heavy atom. The highest BCUT2D eigenvalue weighted by molar-refractivity contribution is 7.16. The number of carboxylic acid groups (broad SMARTS) is 1. The summed E-state index contributed by atoms with van der Waals surface area (Å²) < 4.78 is 13.9. The zero-order valence-electron chi connectivity index (χ0n) is 25.1. The molecule has 0 unspecified atom stereocenters. The fourth-order valence-corrected chi connectivity index (χ4v) is 7.60. The summed E-state index contributed by atoms with van der Waals surface area (Å²) in [5.74, 6) is 0.443. The number of likely N-dealkylation sites (tertiary alicyclic amines) is 1. The van der Waals surface area contributed by atoms with Gasteiger partial charge in [-0.25, -0.2) is 14.5 Å². The molecule has 0 spiro atoms. The van der Waals surface area contributed by atoms with Crippen molar-refractivity contribution in [3.05, 3.63) is 51.4 Å². The van der Waals surface area contributed by atoms with Crippen molar-refractivity contribution in [3.8, 4) is 29.3 Å². The van der Waals surface area contributed by atoms with E-state index in [1.807, 2.05) is 6.92 Å². The van der Waals surface area contributed by atoms with Crippen molar-refractivity contribution in [1.29, 1.82) is 5.26 Å². The van der Waals surface area contributed by atoms with Crippen LogP contribution in [0, 0.1) is 11.3 Å². The molecule has 1 aliphatic carbocycles. The number of nitrogen functional groups attached to an aromatic ring is 1. The maximum absolute atomic E-state index is 11.6. The maximum Gasteiger partial charge on any atom is 0.356 e. The van der Waals surface area contributed by atoms with Gasteiger partial charge in [-0.3, -0.25) is 4.90 Å². The second-order valence-corrected chi connectivity index (χ2v) is 12.7. The highest BCUT2D eigenvalue weighted by Crippen LogP contribution is 2.47. The van der Waals surface area contributed by atoms with Crippen molar-refractivity contribution < 1.29 is 19.2 Å². The molecule has 1 aliphatic heterocycles. The van der Waals surface area contributed by atoms with E-state index in [4.69, 9.17) is 25.0 Å². The van der Waals surface area contributed by atoms with E-state index in [0.29, 0.717) is 46.0 Å². The van der Waals surface area contributed by atoms with Gasteiger partial charge in [-0.05, 0) is 77.1 Å². The van der Waals surface area contributed by atoms with Crippen molar-refractivity contribution >= 4 is 22.3 Å². The lowest BCUT2D eigenvalue weighted by molar-refractivity contribution is 0.0690. The largest absolute Gasteiger partial charge is 0.476 e. The average Bonchev–Trinajstić information content (AvgIpc) is 3.80. The van der Waals surface area contributed by atoms with E-state index < -0.39 is 5.97 Å². The molecule has 13 heteroatoms. The molecule has 1 saturated heterocycles. The van der Waals surface area contributed by atoms with Crippen LogP contribution in [0.3, 0.4) is 0 Å². The normalized spacial score (nSPS) is 19.0. The predicted molar refractivity (Wildman–Crippen MR) is 164 cm³/mol. The number of fused-ring (bicyclic) bond motifs is 1. The third-order valence-electron chi connectivity index (χ3n) is 8.69. The SMILES string of the molecule is CCCCc1c(-c2nc(O[C@@H](C)[C@@H]3CCCN3C)cc(-n3ccc(C(=O)O)n3)n2)noc1[C@H]1CCCc2sc(N)c(C#N)c21. The van der Waals surface area contributed by atoms with E-state index in [1.165, 1.54) is 22.1 Å². The van der Waals surface area contributed by atoms with Crippen LogP contribution in [0.15, 0.2) is 22.9 Å². The molecular formula is C31H36N8O4S. The fourth-order valence-electron chi connectivity index (χ4n) is 6.48. The Kier molecular flexibility index (Phi) is 8.38. The Balaban J connectivity index is 1.46. The summed E-state index contributed by atoms with van der Waals surface area (Å²) in [6, 6.07) is 5.65. The molecule has 2 aliphatic rings. The van der Waals surface area contributed by atoms with Crippen LogP contribution < -0.4 is 10.5 Å². The number of aryl methyl sites for hydroxylation is 1. The van der Waals surface area contributed by atoms with Crippen molar-refractivity contribution in [3.63, 3.8) is 0 Å². The lowest BCUT2D eigenvalue weighted by Gasteiger charge is -2.26. The van der Waals surface area contributed by atoms with Crippen LogP contribution in [0.5, 0.6) is 5.88 Å². The Labute approximate surface area is 259 Å². The van der Waals surface area contributed by atoms with Crippen molar-refractivity contribution in [2.75, 3.05) is 19.3 Å². The summed E-state index contributed by atoms with van der Waals surface area (Å²) in [7, 11) is 2.10. The van der Waals surface area contributed by atoms with E-state index in [9.17, 15) is 15.2 Å². The molecular weight excluding hydrogens is 580 g/mol. The standard InChI is InChI=1S/C31H36N8O4S/c1-4-5-8-19-27(37-43-28(19)18-9-6-11-23-26(18)20(16-32)29(33)44-23)30-34-24(39-14-12-21(36-39)31(40)41)15-25(35-30)42-17(2)22-10-7-13-38(22)3/h12,14-15,17-18,22H,4-11,13,33H2,1-3H3,(H,40,41)/t17-,18-,22-/m0/s1. The van der Waals surface area contributed by atoms with Crippen molar-refractivity contribution in [2.24, 2.45) is 0 Å². The Bertz CT molecular complexity index is 1720. The number of carbonyl (C=O) groups is 1. The third kappa shape index (κ3) is 5.55. The molecule has 0 radical (unpaired) electrons. The average molecular weight is 617 g/mol. The van der Waals surface area contributed by atoms with Crippen LogP contribution in [0.25, 0.3) is 17.3 Å². The van der Waals surface area contributed by atoms with Gasteiger partial charge in [-0.1, -0.05) is 18.5 Å². The minimum atomic E-state index is -1.13. The highest BCUT2D eigenvalue weighted by atomic mass is 32.1. The van der Waals surface area contributed by atoms with Gasteiger partial charge in [0.1, 0.15) is 22.9 Å². The molecule has 0 saturated carbocycles. The summed E-state index contributed by atoms with van der Waals surface area (Å²) in [5.41, 5.74) is 9.04. The number of thiophene rings is 1. The van der Waals surface area contributed by atoms with Crippen LogP contribution >= 0.6 is 11.3 Å². The second-order valence-electron chi connectivity index (χ2n) is 11.6. The minimum Gasteiger partial charge on any atom is -0.476 e. The second kappa shape index (κ2) is 12.4. The van der Waals surface area contributed by atoms with Crippen LogP contribution in [0.2, 0.25) is 0 Å². The molecule has 12 nitrogen and oxygen atoms in total. The number of unbranched alkanes of at least 4 members (excludes halogenated alkanes) is 1. The lowest BCUT2D eigenvalue weighted by Crippen LogP contribution is -2.38. The number of nitrogens with zero attached hydrogens (tertiary/aromatic N) is 7. The first-order valence-electron chi connectivity index (χ1n) is 15.1. The van der Waals surface area contributed by atoms with Crippen LogP contribution in [0.1, 0.15) is 96.1 Å². The molecule has 0 aromatic carbocycles. The topological polar surface area (TPSA) is 169 Å². The summed E-state index contributed by atoms with van der Waals surface area (Å²) in [6.45, 7) is 5.17. The zero-order valence-corrected chi connectivity index (χ0v) is 25.9. The van der Waals surface area contributed by atoms with Crippen LogP contribution in [-0.4, -0.2) is 66.6 Å². The molecule has 0 amide bonds. The summed E-state index contributed by atoms with van der Waals surface area (Å²) in [5, 5.41) is 28.7. The van der Waals surface area contributed by atoms with E-state index in [1.54, 1.807) is 12.3 Å². The molecule has 3 atom stereocenters. The summed E-state index contributed by atoms with van der Waals surface area (Å²) >= 11 is 1.49. The molecule has 4 aromatic heterocycles. The number of ether oxygens (including phenoxy) is 1. The number of aromatic nitrogens is 5. The molecule has 3 N–H and O–H groups in total. The van der Waals surface area contributed by atoms with E-state index in [2.05, 4.69) is 35.2 Å². The molecule has 44 heavy (non-hydrogen) atoms. The molecule has 230 valence electrons. The van der Waals surface area contributed by atoms with Gasteiger partial charge < -0.3 is 20.1 Å². The third-order valence-corrected chi connectivity index (χ3v) is 9.79. The van der Waals surface area contributed by atoms with Gasteiger partial charge >= 0.3 is 5.97 Å². The Hall–Kier alpha value is -4.28. The first-order valence-corrected chi connectivity index (χ1v) is 16.0. The van der Waals surface area contributed by atoms with Crippen molar-refractivity contribution in [1.82, 2.24) is 29.8 Å². The molecule has 6 rings (SSSR count). The Morgan fingerprint density at radius 1 is 1.34 bits per heavy atom. The number of nitrogens with two attached hydrogens (primary N) is 1. The van der Waals surface area contributed by atoms with Gasteiger partial charge in [0.15, 0.2) is 23.0 Å². The highest BCUT2D eigenvalue weighted by Gasteiger charge is 2.35. The molecule has 5 heterocycles. The van der Waals surface area contributed by atoms with E-state index in [-0.39, 0.29) is 23.8 Å². The van der Waals surface area contributed by atoms with E-state index in [0.717, 1.165) is 67.5 Å². The van der Waals surface area contributed by atoms with Crippen LogP contribution in [0.4, 0.5) is 5.00 Å². The molecule has 1 fully saturated rings. The van der Waals surface area contributed by atoms with Gasteiger partial charge in [-0.15, -0.1) is 11.3 Å². The van der Waals surface area contributed by atoms with Crippen LogP contribution in [-0.2, 0) is 12.8 Å². The lowest BCUT2D eigenvalue weighted by atomic mass is 9.81. The number of likely N-dealkylation sites (N-methyl/N-ethyl adjacent to an activating group) is 1. The van der Waals surface area contributed by atoms with Crippen molar-refractivity contribution in [2.45, 2.75) is 83.3 Å². The number of hydrogen-bond donors (Lipinski definition) is 2. The number of nitriles is 1. The summed E-state index contributed by atoms with van der Waals surface area (Å²) in [6.07, 6.45) is 8.74. The van der Waals surface area contributed by atoms with Gasteiger partial charge in [0, 0.05) is 34.7 Å². The van der Waals surface area contributed by atoms with Gasteiger partial charge in [-0.2, -0.15) is 15.3 Å². The number of hydrogen-bond acceptors (Lipinski definition) is 11. The number of carboxylic acids is 1. The van der Waals surface area contributed by atoms with Gasteiger partial charge in [0.25, 0.3) is 0 Å². The maximum atomic E-state index is 11.6. The molecule has 0 bridgehead atoms. The predicted octanol–water partition coefficient (Wildman–Crippen LogP) is 5.20. The molecule has 4 aromatic rings. The first-order chi connectivity index (χ1) is 21.3. The zero-order chi connectivity index (χ0) is 31.0. The number of rotatable bonds is 10. The summed E-state index contributed by atoms with van der Waals surface area (Å²) in [4.78, 5) is 24.6. The number of anilines is 1. The minimum absolute atomic E-state index is 0.0997. The van der Waals surface area contributed by atoms with Gasteiger partial charge in [0.2, 0.25) is 5.88 Å². The quantitative estimate of drug-likeness (QED) is 0.240. The fraction of sp³-hybridized carbons (Fsp3) is 0.484. The smallest absolute Gasteiger partial charge is 0.356 e. The Morgan fingerprint density at radius 3 is 2.89 bits per heavy atom. The first kappa shape index (κ1) is 29.8. The monoisotopic (exact) mass is 616 g/mol.